The van der Waals surface area contributed by atoms with Gasteiger partial charge in [-0.1, -0.05) is 35.5 Å². The Kier molecular flexibility index (Phi) is 8.04. The van der Waals surface area contributed by atoms with Crippen molar-refractivity contribution in [2.75, 3.05) is 18.7 Å². The molecule has 1 fully saturated rings. The molecule has 1 N–H and O–H groups in total. The van der Waals surface area contributed by atoms with E-state index in [0.717, 1.165) is 5.56 Å². The first-order valence-electron chi connectivity index (χ1n) is 12.2. The summed E-state index contributed by atoms with van der Waals surface area (Å²) in [4.78, 5) is 44.8. The van der Waals surface area contributed by atoms with Crippen LogP contribution in [0.3, 0.4) is 0 Å². The zero-order chi connectivity index (χ0) is 27.4. The van der Waals surface area contributed by atoms with E-state index in [-0.39, 0.29) is 38.2 Å². The van der Waals surface area contributed by atoms with E-state index in [0.29, 0.717) is 38.6 Å². The van der Waals surface area contributed by atoms with Crippen LogP contribution in [-0.2, 0) is 20.9 Å². The Morgan fingerprint density at radius 1 is 1.10 bits per heavy atom. The number of amidine groups is 1. The second-order valence-corrected chi connectivity index (χ2v) is 10.2. The van der Waals surface area contributed by atoms with Crippen LogP contribution in [0.2, 0.25) is 5.02 Å². The number of hydrogen-bond acceptors (Lipinski definition) is 8. The summed E-state index contributed by atoms with van der Waals surface area (Å²) in [7, 11) is 0. The summed E-state index contributed by atoms with van der Waals surface area (Å²) in [5, 5.41) is 2.97. The van der Waals surface area contributed by atoms with Crippen molar-refractivity contribution < 1.29 is 28.6 Å². The maximum atomic E-state index is 13.4. The molecule has 0 bridgehead atoms. The summed E-state index contributed by atoms with van der Waals surface area (Å²) in [6, 6.07) is 18.8. The molecule has 1 atom stereocenters. The molecule has 5 rings (SSSR count). The SMILES string of the molecule is CCOC(=O)c1ccc(N=C2S[C@@H](C(=O)Nc3cccc(Cl)c3)CC(=O)N2Cc2ccc3c(c2)OCO3)cc1. The maximum absolute atomic E-state index is 13.4. The summed E-state index contributed by atoms with van der Waals surface area (Å²) in [6.45, 7) is 2.39. The van der Waals surface area contributed by atoms with E-state index in [4.69, 9.17) is 30.8 Å². The Bertz CT molecular complexity index is 1450. The van der Waals surface area contributed by atoms with Gasteiger partial charge in [0.15, 0.2) is 16.7 Å². The van der Waals surface area contributed by atoms with Gasteiger partial charge < -0.3 is 19.5 Å². The van der Waals surface area contributed by atoms with Crippen LogP contribution in [0.5, 0.6) is 11.5 Å². The third-order valence-corrected chi connectivity index (χ3v) is 7.33. The van der Waals surface area contributed by atoms with Crippen molar-refractivity contribution in [3.8, 4) is 11.5 Å². The lowest BCUT2D eigenvalue weighted by Gasteiger charge is -2.32. The molecule has 2 heterocycles. The van der Waals surface area contributed by atoms with Crippen LogP contribution in [0, 0.1) is 0 Å². The molecule has 0 radical (unpaired) electrons. The predicted octanol–water partition coefficient (Wildman–Crippen LogP) is 5.41. The highest BCUT2D eigenvalue weighted by atomic mass is 35.5. The van der Waals surface area contributed by atoms with Crippen molar-refractivity contribution in [1.29, 1.82) is 0 Å². The molecule has 2 aliphatic heterocycles. The Morgan fingerprint density at radius 2 is 1.90 bits per heavy atom. The van der Waals surface area contributed by atoms with Crippen molar-refractivity contribution in [2.45, 2.75) is 25.1 Å². The molecule has 9 nitrogen and oxygen atoms in total. The second-order valence-electron chi connectivity index (χ2n) is 8.64. The standard InChI is InChI=1S/C28H24ClN3O6S/c1-2-36-27(35)18-7-9-20(10-8-18)31-28-32(15-17-6-11-22-23(12-17)38-16-37-22)25(33)14-24(39-28)26(34)30-21-5-3-4-19(29)13-21/h3-13,24H,2,14-16H2,1H3,(H,30,34)/t24-/m1/s1. The Labute approximate surface area is 234 Å². The van der Waals surface area contributed by atoms with Gasteiger partial charge in [-0.05, 0) is 67.1 Å². The van der Waals surface area contributed by atoms with Crippen LogP contribution >= 0.6 is 23.4 Å². The molecule has 200 valence electrons. The molecule has 11 heteroatoms. The molecule has 0 saturated carbocycles. The number of halogens is 1. The molecule has 39 heavy (non-hydrogen) atoms. The molecular weight excluding hydrogens is 542 g/mol. The van der Waals surface area contributed by atoms with Crippen molar-refractivity contribution >= 4 is 57.7 Å². The summed E-state index contributed by atoms with van der Waals surface area (Å²) in [6.07, 6.45) is -0.0115. The fraction of sp³-hybridized carbons (Fsp3) is 0.214. The summed E-state index contributed by atoms with van der Waals surface area (Å²) in [5.41, 5.74) is 2.27. The zero-order valence-corrected chi connectivity index (χ0v) is 22.5. The van der Waals surface area contributed by atoms with Crippen LogP contribution in [0.25, 0.3) is 0 Å². The molecule has 3 aromatic rings. The van der Waals surface area contributed by atoms with Crippen LogP contribution in [0.1, 0.15) is 29.3 Å². The number of anilines is 1. The predicted molar refractivity (Wildman–Crippen MR) is 149 cm³/mol. The van der Waals surface area contributed by atoms with E-state index >= 15 is 0 Å². The minimum atomic E-state index is -0.706. The zero-order valence-electron chi connectivity index (χ0n) is 20.9. The lowest BCUT2D eigenvalue weighted by atomic mass is 10.1. The second kappa shape index (κ2) is 11.8. The number of rotatable bonds is 7. The first-order chi connectivity index (χ1) is 18.9. The number of thioether (sulfide) groups is 1. The Morgan fingerprint density at radius 3 is 2.67 bits per heavy atom. The van der Waals surface area contributed by atoms with Gasteiger partial charge in [-0.2, -0.15) is 0 Å². The largest absolute Gasteiger partial charge is 0.462 e. The van der Waals surface area contributed by atoms with E-state index in [1.807, 2.05) is 12.1 Å². The molecule has 2 aliphatic rings. The first kappa shape index (κ1) is 26.6. The minimum absolute atomic E-state index is 0.0115. The van der Waals surface area contributed by atoms with Crippen molar-refractivity contribution in [3.05, 3.63) is 82.9 Å². The van der Waals surface area contributed by atoms with Crippen LogP contribution in [0.4, 0.5) is 11.4 Å². The normalized spacial score (nSPS) is 17.3. The number of ether oxygens (including phenoxy) is 3. The number of nitrogens with one attached hydrogen (secondary N) is 1. The van der Waals surface area contributed by atoms with Crippen LogP contribution < -0.4 is 14.8 Å². The Balaban J connectivity index is 1.41. The van der Waals surface area contributed by atoms with Gasteiger partial charge in [-0.3, -0.25) is 14.5 Å². The number of carbonyl (C=O) groups is 3. The highest BCUT2D eigenvalue weighted by Gasteiger charge is 2.36. The third-order valence-electron chi connectivity index (χ3n) is 5.91. The van der Waals surface area contributed by atoms with Gasteiger partial charge in [-0.25, -0.2) is 9.79 Å². The topological polar surface area (TPSA) is 107 Å². The van der Waals surface area contributed by atoms with Crippen LogP contribution in [0.15, 0.2) is 71.7 Å². The van der Waals surface area contributed by atoms with Crippen LogP contribution in [-0.4, -0.2) is 46.5 Å². The summed E-state index contributed by atoms with van der Waals surface area (Å²) >= 11 is 7.24. The van der Waals surface area contributed by atoms with E-state index < -0.39 is 11.2 Å². The number of hydrogen-bond donors (Lipinski definition) is 1. The van der Waals surface area contributed by atoms with E-state index in [1.54, 1.807) is 66.4 Å². The molecule has 1 saturated heterocycles. The van der Waals surface area contributed by atoms with Gasteiger partial charge in [-0.15, -0.1) is 0 Å². The van der Waals surface area contributed by atoms with E-state index in [2.05, 4.69) is 5.32 Å². The first-order valence-corrected chi connectivity index (χ1v) is 13.4. The Hall–Kier alpha value is -4.02. The average molecular weight is 566 g/mol. The molecule has 3 aromatic carbocycles. The summed E-state index contributed by atoms with van der Waals surface area (Å²) in [5.74, 6) is 0.243. The van der Waals surface area contributed by atoms with Gasteiger partial charge in [0, 0.05) is 17.1 Å². The highest BCUT2D eigenvalue weighted by Crippen LogP contribution is 2.35. The maximum Gasteiger partial charge on any atom is 0.338 e. The monoisotopic (exact) mass is 565 g/mol. The molecule has 0 unspecified atom stereocenters. The van der Waals surface area contributed by atoms with Gasteiger partial charge in [0.25, 0.3) is 0 Å². The van der Waals surface area contributed by atoms with Gasteiger partial charge in [0.05, 0.1) is 24.4 Å². The molecular formula is C28H24ClN3O6S. The number of fused-ring (bicyclic) bond motifs is 1. The number of amides is 2. The average Bonchev–Trinajstić information content (AvgIpc) is 3.39. The molecule has 0 spiro atoms. The highest BCUT2D eigenvalue weighted by molar-refractivity contribution is 8.15. The van der Waals surface area contributed by atoms with Crippen molar-refractivity contribution in [3.63, 3.8) is 0 Å². The lowest BCUT2D eigenvalue weighted by molar-refractivity contribution is -0.129. The quantitative estimate of drug-likeness (QED) is 0.382. The van der Waals surface area contributed by atoms with Gasteiger partial charge in [0.1, 0.15) is 5.25 Å². The molecule has 0 aliphatic carbocycles. The minimum Gasteiger partial charge on any atom is -0.462 e. The fourth-order valence-electron chi connectivity index (χ4n) is 4.00. The van der Waals surface area contributed by atoms with E-state index in [1.165, 1.54) is 11.8 Å². The number of esters is 1. The fourth-order valence-corrected chi connectivity index (χ4v) is 5.29. The third kappa shape index (κ3) is 6.35. The van der Waals surface area contributed by atoms with E-state index in [9.17, 15) is 14.4 Å². The number of aliphatic imine (C=N–C) groups is 1. The lowest BCUT2D eigenvalue weighted by Crippen LogP contribution is -2.44. The summed E-state index contributed by atoms with van der Waals surface area (Å²) < 4.78 is 15.9. The molecule has 0 aromatic heterocycles. The van der Waals surface area contributed by atoms with Gasteiger partial charge in [0.2, 0.25) is 18.6 Å². The smallest absolute Gasteiger partial charge is 0.338 e. The number of benzene rings is 3. The van der Waals surface area contributed by atoms with Crippen molar-refractivity contribution in [1.82, 2.24) is 4.90 Å². The van der Waals surface area contributed by atoms with Gasteiger partial charge >= 0.3 is 5.97 Å². The van der Waals surface area contributed by atoms with Crippen molar-refractivity contribution in [2.24, 2.45) is 4.99 Å². The number of carbonyl (C=O) groups excluding carboxylic acids is 3. The number of nitrogens with zero attached hydrogens (tertiary/aromatic N) is 2. The molecule has 2 amide bonds.